The van der Waals surface area contributed by atoms with E-state index in [1.54, 1.807) is 0 Å². The number of hydrogen-bond acceptors (Lipinski definition) is 6. The monoisotopic (exact) mass is 278 g/mol. The maximum atomic E-state index is 4.45. The van der Waals surface area contributed by atoms with Crippen molar-refractivity contribution in [3.05, 3.63) is 0 Å². The Kier molecular flexibility index (Phi) is 5.38. The lowest BCUT2D eigenvalue weighted by Crippen LogP contribution is -2.19. The minimum Gasteiger partial charge on any atom is -0.354 e. The van der Waals surface area contributed by atoms with Crippen molar-refractivity contribution in [2.75, 3.05) is 42.7 Å². The summed E-state index contributed by atoms with van der Waals surface area (Å²) in [4.78, 5) is 15.2. The van der Waals surface area contributed by atoms with Gasteiger partial charge in [0.05, 0.1) is 0 Å². The zero-order valence-corrected chi connectivity index (χ0v) is 12.8. The highest BCUT2D eigenvalue weighted by Crippen LogP contribution is 2.24. The molecule has 1 aromatic heterocycles. The highest BCUT2D eigenvalue weighted by Gasteiger charge is 2.15. The number of rotatable bonds is 7. The van der Waals surface area contributed by atoms with Gasteiger partial charge in [0.1, 0.15) is 0 Å². The lowest BCUT2D eigenvalue weighted by Gasteiger charge is -2.15. The van der Waals surface area contributed by atoms with E-state index in [4.69, 9.17) is 0 Å². The Morgan fingerprint density at radius 3 is 2.30 bits per heavy atom. The molecule has 0 saturated heterocycles. The van der Waals surface area contributed by atoms with Crippen molar-refractivity contribution in [1.29, 1.82) is 0 Å². The van der Waals surface area contributed by atoms with Crippen LogP contribution >= 0.6 is 0 Å². The minimum absolute atomic E-state index is 0.652. The first-order chi connectivity index (χ1) is 9.69. The van der Waals surface area contributed by atoms with Crippen LogP contribution in [-0.4, -0.2) is 42.1 Å². The van der Waals surface area contributed by atoms with Gasteiger partial charge in [-0.3, -0.25) is 0 Å². The number of anilines is 3. The van der Waals surface area contributed by atoms with Crippen LogP contribution in [0.1, 0.15) is 39.0 Å². The quantitative estimate of drug-likeness (QED) is 0.798. The predicted octanol–water partition coefficient (Wildman–Crippen LogP) is 2.36. The lowest BCUT2D eigenvalue weighted by molar-refractivity contribution is 0.577. The molecule has 20 heavy (non-hydrogen) atoms. The van der Waals surface area contributed by atoms with E-state index in [0.29, 0.717) is 17.8 Å². The van der Waals surface area contributed by atoms with Crippen LogP contribution in [0.5, 0.6) is 0 Å². The molecule has 2 N–H and O–H groups in total. The van der Waals surface area contributed by atoms with E-state index in [9.17, 15) is 0 Å². The second-order valence-corrected chi connectivity index (χ2v) is 5.64. The van der Waals surface area contributed by atoms with Crippen LogP contribution in [0.15, 0.2) is 0 Å². The standard InChI is InChI=1S/C14H26N6/c1-4-9-15-12-17-13(19-14(18-12)20(2)3)16-10-11-7-5-6-8-11/h11H,4-10H2,1-3H3,(H2,15,16,17,18,19). The van der Waals surface area contributed by atoms with E-state index < -0.39 is 0 Å². The number of aromatic nitrogens is 3. The van der Waals surface area contributed by atoms with Crippen molar-refractivity contribution in [3.63, 3.8) is 0 Å². The van der Waals surface area contributed by atoms with Gasteiger partial charge >= 0.3 is 0 Å². The van der Waals surface area contributed by atoms with Gasteiger partial charge in [0.25, 0.3) is 0 Å². The molecule has 0 radical (unpaired) electrons. The fraction of sp³-hybridized carbons (Fsp3) is 0.786. The number of hydrogen-bond donors (Lipinski definition) is 2. The van der Waals surface area contributed by atoms with E-state index in [0.717, 1.165) is 25.4 Å². The van der Waals surface area contributed by atoms with Crippen LogP contribution in [0.4, 0.5) is 17.8 Å². The first kappa shape index (κ1) is 14.8. The summed E-state index contributed by atoms with van der Waals surface area (Å²) in [5.74, 6) is 2.78. The Hall–Kier alpha value is -1.59. The second-order valence-electron chi connectivity index (χ2n) is 5.64. The Bertz CT molecular complexity index is 414. The number of nitrogens with one attached hydrogen (secondary N) is 2. The summed E-state index contributed by atoms with van der Waals surface area (Å²) in [6, 6.07) is 0. The fourth-order valence-corrected chi connectivity index (χ4v) is 2.41. The van der Waals surface area contributed by atoms with Gasteiger partial charge in [0.2, 0.25) is 17.8 Å². The molecule has 1 saturated carbocycles. The van der Waals surface area contributed by atoms with E-state index in [1.807, 2.05) is 19.0 Å². The van der Waals surface area contributed by atoms with Crippen LogP contribution < -0.4 is 15.5 Å². The highest BCUT2D eigenvalue weighted by atomic mass is 15.3. The molecule has 1 aromatic rings. The smallest absolute Gasteiger partial charge is 0.231 e. The Labute approximate surface area is 121 Å². The topological polar surface area (TPSA) is 66.0 Å². The molecule has 0 unspecified atom stereocenters. The second kappa shape index (κ2) is 7.26. The number of nitrogens with zero attached hydrogens (tertiary/aromatic N) is 4. The Morgan fingerprint density at radius 1 is 1.05 bits per heavy atom. The predicted molar refractivity (Wildman–Crippen MR) is 83.4 cm³/mol. The molecule has 0 amide bonds. The summed E-state index contributed by atoms with van der Waals surface area (Å²) >= 11 is 0. The molecule has 1 aliphatic carbocycles. The van der Waals surface area contributed by atoms with Gasteiger partial charge in [-0.1, -0.05) is 19.8 Å². The minimum atomic E-state index is 0.652. The molecule has 0 bridgehead atoms. The Morgan fingerprint density at radius 2 is 1.70 bits per heavy atom. The molecule has 0 atom stereocenters. The molecule has 0 spiro atoms. The highest BCUT2D eigenvalue weighted by molar-refractivity contribution is 5.42. The largest absolute Gasteiger partial charge is 0.354 e. The maximum absolute atomic E-state index is 4.45. The molecule has 1 fully saturated rings. The SMILES string of the molecule is CCCNc1nc(NCC2CCCC2)nc(N(C)C)n1. The third-order valence-electron chi connectivity index (χ3n) is 3.58. The third kappa shape index (κ3) is 4.21. The van der Waals surface area contributed by atoms with Crippen LogP contribution in [-0.2, 0) is 0 Å². The van der Waals surface area contributed by atoms with Crippen molar-refractivity contribution >= 4 is 17.8 Å². The molecule has 6 nitrogen and oxygen atoms in total. The van der Waals surface area contributed by atoms with Crippen molar-refractivity contribution < 1.29 is 0 Å². The zero-order chi connectivity index (χ0) is 14.4. The van der Waals surface area contributed by atoms with Gasteiger partial charge < -0.3 is 15.5 Å². The van der Waals surface area contributed by atoms with Crippen molar-refractivity contribution in [1.82, 2.24) is 15.0 Å². The van der Waals surface area contributed by atoms with Crippen molar-refractivity contribution in [2.45, 2.75) is 39.0 Å². The first-order valence-corrected chi connectivity index (χ1v) is 7.60. The molecule has 2 rings (SSSR count). The summed E-state index contributed by atoms with van der Waals surface area (Å²) < 4.78 is 0. The van der Waals surface area contributed by atoms with Crippen LogP contribution in [0.2, 0.25) is 0 Å². The van der Waals surface area contributed by atoms with Gasteiger partial charge in [0.15, 0.2) is 0 Å². The van der Waals surface area contributed by atoms with Gasteiger partial charge in [-0.2, -0.15) is 15.0 Å². The van der Waals surface area contributed by atoms with Crippen LogP contribution in [0.25, 0.3) is 0 Å². The van der Waals surface area contributed by atoms with Gasteiger partial charge in [-0.15, -0.1) is 0 Å². The van der Waals surface area contributed by atoms with E-state index in [2.05, 4.69) is 32.5 Å². The summed E-state index contributed by atoms with van der Waals surface area (Å²) in [6.07, 6.45) is 6.40. The average Bonchev–Trinajstić information content (AvgIpc) is 2.96. The summed E-state index contributed by atoms with van der Waals surface area (Å²) in [5.41, 5.74) is 0. The van der Waals surface area contributed by atoms with Gasteiger partial charge in [0, 0.05) is 27.2 Å². The normalized spacial score (nSPS) is 15.3. The first-order valence-electron chi connectivity index (χ1n) is 7.60. The molecule has 6 heteroatoms. The van der Waals surface area contributed by atoms with E-state index in [-0.39, 0.29) is 0 Å². The Balaban J connectivity index is 2.02. The van der Waals surface area contributed by atoms with Gasteiger partial charge in [-0.05, 0) is 25.2 Å². The molecule has 0 aliphatic heterocycles. The van der Waals surface area contributed by atoms with Crippen LogP contribution in [0, 0.1) is 5.92 Å². The lowest BCUT2D eigenvalue weighted by atomic mass is 10.1. The van der Waals surface area contributed by atoms with E-state index in [1.165, 1.54) is 25.7 Å². The summed E-state index contributed by atoms with van der Waals surface area (Å²) in [5, 5.41) is 6.60. The molecular weight excluding hydrogens is 252 g/mol. The summed E-state index contributed by atoms with van der Waals surface area (Å²) in [7, 11) is 3.89. The van der Waals surface area contributed by atoms with Crippen LogP contribution in [0.3, 0.4) is 0 Å². The molecule has 1 aliphatic rings. The third-order valence-corrected chi connectivity index (χ3v) is 3.58. The molecule has 0 aromatic carbocycles. The summed E-state index contributed by atoms with van der Waals surface area (Å²) in [6.45, 7) is 3.96. The maximum Gasteiger partial charge on any atom is 0.231 e. The molecular formula is C14H26N6. The fourth-order valence-electron chi connectivity index (χ4n) is 2.41. The van der Waals surface area contributed by atoms with Crippen molar-refractivity contribution in [2.24, 2.45) is 5.92 Å². The average molecular weight is 278 g/mol. The molecule has 112 valence electrons. The van der Waals surface area contributed by atoms with Crippen molar-refractivity contribution in [3.8, 4) is 0 Å². The molecule has 1 heterocycles. The van der Waals surface area contributed by atoms with E-state index >= 15 is 0 Å². The zero-order valence-electron chi connectivity index (χ0n) is 12.8. The van der Waals surface area contributed by atoms with Gasteiger partial charge in [-0.25, -0.2) is 0 Å².